The summed E-state index contributed by atoms with van der Waals surface area (Å²) in [6.45, 7) is 1.23. The number of ether oxygens (including phenoxy) is 1. The van der Waals surface area contributed by atoms with E-state index in [-0.39, 0.29) is 17.9 Å². The number of aliphatic hydroxyl groups excluding tert-OH is 2. The first-order valence-electron chi connectivity index (χ1n) is 6.59. The molecule has 0 aromatic carbocycles. The van der Waals surface area contributed by atoms with Gasteiger partial charge in [0.1, 0.15) is 24.1 Å². The van der Waals surface area contributed by atoms with E-state index >= 15 is 0 Å². The number of alkyl halides is 1. The van der Waals surface area contributed by atoms with Gasteiger partial charge in [-0.15, -0.1) is 0 Å². The quantitative estimate of drug-likeness (QED) is 0.706. The molecule has 21 heavy (non-hydrogen) atoms. The SMILES string of the molecule is CC[C@]1(CO)O[C@@H](c2cnc3c(N)ncnn23)[C@H](F)[C@@H]1O. The normalized spacial score (nSPS) is 32.9. The predicted octanol–water partition coefficient (Wildman–Crippen LogP) is -0.382. The monoisotopic (exact) mass is 297 g/mol. The number of hydrogen-bond donors (Lipinski definition) is 3. The Kier molecular flexibility index (Phi) is 3.27. The van der Waals surface area contributed by atoms with Gasteiger partial charge in [-0.05, 0) is 6.42 Å². The molecule has 0 saturated carbocycles. The molecule has 2 aromatic heterocycles. The number of halogens is 1. The third kappa shape index (κ3) is 1.88. The number of imidazole rings is 1. The molecule has 1 saturated heterocycles. The number of fused-ring (bicyclic) bond motifs is 1. The molecule has 1 fully saturated rings. The standard InChI is InChI=1S/C12H16FN5O3/c1-2-12(4-19)9(20)7(13)8(21-12)6-3-15-11-10(14)16-5-17-18(6)11/h3,5,7-9,19-20H,2,4H2,1H3,(H2,14,16,17)/t7-,8-,9-,12+/m0/s1. The fourth-order valence-corrected chi connectivity index (χ4v) is 2.65. The molecule has 9 heteroatoms. The third-order valence-corrected chi connectivity index (χ3v) is 4.01. The molecule has 8 nitrogen and oxygen atoms in total. The number of hydrogen-bond acceptors (Lipinski definition) is 7. The van der Waals surface area contributed by atoms with Gasteiger partial charge in [-0.3, -0.25) is 0 Å². The van der Waals surface area contributed by atoms with Gasteiger partial charge in [-0.2, -0.15) is 5.10 Å². The van der Waals surface area contributed by atoms with E-state index in [0.717, 1.165) is 0 Å². The first-order chi connectivity index (χ1) is 10.0. The Bertz CT molecular complexity index is 659. The summed E-state index contributed by atoms with van der Waals surface area (Å²) in [6, 6.07) is 0. The van der Waals surface area contributed by atoms with Crippen LogP contribution in [0.15, 0.2) is 12.5 Å². The maximum atomic E-state index is 14.4. The lowest BCUT2D eigenvalue weighted by atomic mass is 9.93. The van der Waals surface area contributed by atoms with Crippen molar-refractivity contribution in [3.63, 3.8) is 0 Å². The highest BCUT2D eigenvalue weighted by Crippen LogP contribution is 2.43. The Morgan fingerprint density at radius 2 is 2.29 bits per heavy atom. The van der Waals surface area contributed by atoms with Crippen molar-refractivity contribution in [2.45, 2.75) is 37.3 Å². The highest BCUT2D eigenvalue weighted by molar-refractivity contribution is 5.58. The number of nitrogens with two attached hydrogens (primary N) is 1. The van der Waals surface area contributed by atoms with Gasteiger partial charge in [0.05, 0.1) is 18.5 Å². The van der Waals surface area contributed by atoms with E-state index in [1.807, 2.05) is 0 Å². The molecule has 4 N–H and O–H groups in total. The van der Waals surface area contributed by atoms with E-state index in [1.165, 1.54) is 17.0 Å². The summed E-state index contributed by atoms with van der Waals surface area (Å²) in [6.07, 6.45) is -1.33. The molecule has 4 atom stereocenters. The van der Waals surface area contributed by atoms with Crippen molar-refractivity contribution in [2.75, 3.05) is 12.3 Å². The van der Waals surface area contributed by atoms with Gasteiger partial charge >= 0.3 is 0 Å². The highest BCUT2D eigenvalue weighted by atomic mass is 19.1. The summed E-state index contributed by atoms with van der Waals surface area (Å²) in [7, 11) is 0. The number of aromatic nitrogens is 4. The van der Waals surface area contributed by atoms with Crippen molar-refractivity contribution in [1.82, 2.24) is 19.6 Å². The number of rotatable bonds is 3. The largest absolute Gasteiger partial charge is 0.393 e. The lowest BCUT2D eigenvalue weighted by molar-refractivity contribution is -0.115. The molecule has 2 aromatic rings. The summed E-state index contributed by atoms with van der Waals surface area (Å²) < 4.78 is 21.4. The molecular formula is C12H16FN5O3. The molecule has 0 radical (unpaired) electrons. The van der Waals surface area contributed by atoms with Crippen LogP contribution in [0.3, 0.4) is 0 Å². The second-order valence-electron chi connectivity index (χ2n) is 5.07. The minimum Gasteiger partial charge on any atom is -0.393 e. The van der Waals surface area contributed by atoms with Crippen LogP contribution in [0, 0.1) is 0 Å². The number of nitrogens with zero attached hydrogens (tertiary/aromatic N) is 4. The fraction of sp³-hybridized carbons (Fsp3) is 0.583. The Labute approximate surface area is 119 Å². The summed E-state index contributed by atoms with van der Waals surface area (Å²) in [4.78, 5) is 7.85. The van der Waals surface area contributed by atoms with Crippen molar-refractivity contribution >= 4 is 11.5 Å². The van der Waals surface area contributed by atoms with Crippen molar-refractivity contribution in [3.8, 4) is 0 Å². The van der Waals surface area contributed by atoms with Gasteiger partial charge < -0.3 is 20.7 Å². The fourth-order valence-electron chi connectivity index (χ4n) is 2.65. The van der Waals surface area contributed by atoms with Crippen LogP contribution in [0.25, 0.3) is 5.65 Å². The summed E-state index contributed by atoms with van der Waals surface area (Å²) in [5.74, 6) is 0.161. The number of anilines is 1. The van der Waals surface area contributed by atoms with E-state index in [2.05, 4.69) is 15.1 Å². The van der Waals surface area contributed by atoms with Gasteiger partial charge in [-0.1, -0.05) is 6.92 Å². The Balaban J connectivity index is 2.06. The molecule has 114 valence electrons. The zero-order chi connectivity index (χ0) is 15.2. The van der Waals surface area contributed by atoms with Crippen LogP contribution in [0.1, 0.15) is 25.1 Å². The summed E-state index contributed by atoms with van der Waals surface area (Å²) in [5, 5.41) is 23.5. The van der Waals surface area contributed by atoms with Gasteiger partial charge in [0.25, 0.3) is 0 Å². The van der Waals surface area contributed by atoms with Crippen LogP contribution in [0.5, 0.6) is 0 Å². The van der Waals surface area contributed by atoms with Crippen LogP contribution in [0.4, 0.5) is 10.2 Å². The lowest BCUT2D eigenvalue weighted by Crippen LogP contribution is -2.44. The molecule has 0 spiro atoms. The molecule has 0 unspecified atom stereocenters. The van der Waals surface area contributed by atoms with Crippen LogP contribution in [-0.2, 0) is 4.74 Å². The van der Waals surface area contributed by atoms with Gasteiger partial charge in [0.2, 0.25) is 0 Å². The van der Waals surface area contributed by atoms with Crippen molar-refractivity contribution in [3.05, 3.63) is 18.2 Å². The minimum absolute atomic E-state index is 0.161. The summed E-state index contributed by atoms with van der Waals surface area (Å²) in [5.41, 5.74) is 4.95. The Morgan fingerprint density at radius 1 is 1.52 bits per heavy atom. The van der Waals surface area contributed by atoms with Gasteiger partial charge in [0.15, 0.2) is 17.6 Å². The van der Waals surface area contributed by atoms with E-state index < -0.39 is 30.6 Å². The zero-order valence-electron chi connectivity index (χ0n) is 11.3. The molecular weight excluding hydrogens is 281 g/mol. The predicted molar refractivity (Wildman–Crippen MR) is 70.0 cm³/mol. The average molecular weight is 297 g/mol. The van der Waals surface area contributed by atoms with E-state index in [9.17, 15) is 14.6 Å². The van der Waals surface area contributed by atoms with E-state index in [0.29, 0.717) is 5.69 Å². The number of aliphatic hydroxyl groups is 2. The topological polar surface area (TPSA) is 119 Å². The first kappa shape index (κ1) is 14.1. The summed E-state index contributed by atoms with van der Waals surface area (Å²) >= 11 is 0. The van der Waals surface area contributed by atoms with E-state index in [1.54, 1.807) is 6.92 Å². The van der Waals surface area contributed by atoms with Crippen LogP contribution >= 0.6 is 0 Å². The molecule has 3 heterocycles. The van der Waals surface area contributed by atoms with Crippen molar-refractivity contribution in [1.29, 1.82) is 0 Å². The lowest BCUT2D eigenvalue weighted by Gasteiger charge is -2.28. The smallest absolute Gasteiger partial charge is 0.196 e. The molecule has 0 amide bonds. The molecule has 0 aliphatic carbocycles. The number of nitrogen functional groups attached to an aromatic ring is 1. The van der Waals surface area contributed by atoms with Gasteiger partial charge in [0, 0.05) is 0 Å². The zero-order valence-corrected chi connectivity index (χ0v) is 11.3. The van der Waals surface area contributed by atoms with E-state index in [4.69, 9.17) is 10.5 Å². The molecule has 1 aliphatic heterocycles. The van der Waals surface area contributed by atoms with Crippen molar-refractivity contribution in [2.24, 2.45) is 0 Å². The first-order valence-corrected chi connectivity index (χ1v) is 6.59. The maximum absolute atomic E-state index is 14.4. The van der Waals surface area contributed by atoms with Gasteiger partial charge in [-0.25, -0.2) is 18.9 Å². The molecule has 0 bridgehead atoms. The Morgan fingerprint density at radius 3 is 2.90 bits per heavy atom. The molecule has 1 aliphatic rings. The van der Waals surface area contributed by atoms with Crippen LogP contribution in [0.2, 0.25) is 0 Å². The average Bonchev–Trinajstić information content (AvgIpc) is 3.02. The minimum atomic E-state index is -1.70. The maximum Gasteiger partial charge on any atom is 0.196 e. The van der Waals surface area contributed by atoms with Crippen LogP contribution in [-0.4, -0.2) is 54.3 Å². The van der Waals surface area contributed by atoms with Crippen LogP contribution < -0.4 is 5.73 Å². The molecule has 3 rings (SSSR count). The second-order valence-corrected chi connectivity index (χ2v) is 5.07. The highest BCUT2D eigenvalue weighted by Gasteiger charge is 2.55. The third-order valence-electron chi connectivity index (χ3n) is 4.01. The Hall–Kier alpha value is -1.84. The second kappa shape index (κ2) is 4.86. The van der Waals surface area contributed by atoms with Crippen molar-refractivity contribution < 1.29 is 19.3 Å².